The summed E-state index contributed by atoms with van der Waals surface area (Å²) >= 11 is 0. The summed E-state index contributed by atoms with van der Waals surface area (Å²) in [5.74, 6) is -1.42. The molecule has 0 aromatic heterocycles. The minimum atomic E-state index is -1.23. The lowest BCUT2D eigenvalue weighted by Crippen LogP contribution is -2.49. The molecule has 1 atom stereocenters. The second-order valence-electron chi connectivity index (χ2n) is 8.83. The van der Waals surface area contributed by atoms with Gasteiger partial charge in [-0.05, 0) is 18.4 Å². The molecule has 0 radical (unpaired) electrons. The highest BCUT2D eigenvalue weighted by molar-refractivity contribution is 5.82. The molecule has 1 rings (SSSR count). The molecule has 0 fully saturated rings. The van der Waals surface area contributed by atoms with Crippen molar-refractivity contribution in [3.05, 3.63) is 35.9 Å². The molecular formula is C27H44NO3-. The van der Waals surface area contributed by atoms with Crippen LogP contribution in [0.3, 0.4) is 0 Å². The number of unbranched alkanes of at least 4 members (excludes halogenated alkanes) is 14. The van der Waals surface area contributed by atoms with Gasteiger partial charge < -0.3 is 15.2 Å². The largest absolute Gasteiger partial charge is 0.548 e. The summed E-state index contributed by atoms with van der Waals surface area (Å²) in [5, 5.41) is 13.9. The Morgan fingerprint density at radius 1 is 0.742 bits per heavy atom. The Labute approximate surface area is 190 Å². The second-order valence-corrected chi connectivity index (χ2v) is 8.83. The van der Waals surface area contributed by atoms with E-state index in [0.29, 0.717) is 6.42 Å². The first-order valence-corrected chi connectivity index (χ1v) is 12.7. The van der Waals surface area contributed by atoms with E-state index >= 15 is 0 Å². The minimum Gasteiger partial charge on any atom is -0.548 e. The van der Waals surface area contributed by atoms with E-state index in [2.05, 4.69) is 12.2 Å². The SMILES string of the molecule is CCCCCCCCCCCCCCCCCC(=O)N[C@@H](Cc1ccccc1)C(=O)[O-]. The third-order valence-electron chi connectivity index (χ3n) is 5.91. The van der Waals surface area contributed by atoms with Crippen molar-refractivity contribution in [1.82, 2.24) is 5.32 Å². The molecular weight excluding hydrogens is 386 g/mol. The van der Waals surface area contributed by atoms with Crippen molar-refractivity contribution < 1.29 is 14.7 Å². The number of aliphatic carboxylic acids is 1. The van der Waals surface area contributed by atoms with Gasteiger partial charge in [0.2, 0.25) is 5.91 Å². The van der Waals surface area contributed by atoms with E-state index in [0.717, 1.165) is 24.8 Å². The molecule has 4 heteroatoms. The van der Waals surface area contributed by atoms with Crippen LogP contribution in [0.5, 0.6) is 0 Å². The number of hydrogen-bond acceptors (Lipinski definition) is 3. The van der Waals surface area contributed by atoms with Crippen molar-refractivity contribution in [1.29, 1.82) is 0 Å². The molecule has 1 N–H and O–H groups in total. The van der Waals surface area contributed by atoms with Gasteiger partial charge in [-0.25, -0.2) is 0 Å². The molecule has 176 valence electrons. The number of rotatable bonds is 20. The number of carbonyl (C=O) groups excluding carboxylic acids is 2. The van der Waals surface area contributed by atoms with Crippen LogP contribution in [0.4, 0.5) is 0 Å². The zero-order valence-electron chi connectivity index (χ0n) is 19.7. The van der Waals surface area contributed by atoms with Gasteiger partial charge in [0.1, 0.15) is 0 Å². The maximum atomic E-state index is 12.1. The van der Waals surface area contributed by atoms with Gasteiger partial charge in [0.05, 0.1) is 12.0 Å². The van der Waals surface area contributed by atoms with Gasteiger partial charge in [0.25, 0.3) is 0 Å². The number of benzene rings is 1. The number of nitrogens with one attached hydrogen (secondary N) is 1. The molecule has 0 aliphatic carbocycles. The lowest BCUT2D eigenvalue weighted by molar-refractivity contribution is -0.308. The molecule has 4 nitrogen and oxygen atoms in total. The third-order valence-corrected chi connectivity index (χ3v) is 5.91. The van der Waals surface area contributed by atoms with Crippen LogP contribution in [0.1, 0.15) is 115 Å². The van der Waals surface area contributed by atoms with E-state index in [-0.39, 0.29) is 12.3 Å². The molecule has 31 heavy (non-hydrogen) atoms. The van der Waals surface area contributed by atoms with Crippen LogP contribution in [-0.2, 0) is 16.0 Å². The molecule has 0 aliphatic rings. The average Bonchev–Trinajstić information content (AvgIpc) is 2.76. The maximum Gasteiger partial charge on any atom is 0.220 e. The molecule has 0 aliphatic heterocycles. The summed E-state index contributed by atoms with van der Waals surface area (Å²) in [6, 6.07) is 8.35. The van der Waals surface area contributed by atoms with Crippen LogP contribution in [0, 0.1) is 0 Å². The Bertz CT molecular complexity index is 573. The summed E-state index contributed by atoms with van der Waals surface area (Å²) in [7, 11) is 0. The van der Waals surface area contributed by atoms with Crippen molar-refractivity contribution >= 4 is 11.9 Å². The zero-order chi connectivity index (χ0) is 22.6. The molecule has 0 saturated heterocycles. The molecule has 0 saturated carbocycles. The predicted octanol–water partition coefficient (Wildman–Crippen LogP) is 5.73. The fourth-order valence-electron chi connectivity index (χ4n) is 3.97. The second kappa shape index (κ2) is 18.9. The Morgan fingerprint density at radius 2 is 1.19 bits per heavy atom. The van der Waals surface area contributed by atoms with Crippen molar-refractivity contribution in [3.8, 4) is 0 Å². The topological polar surface area (TPSA) is 69.2 Å². The van der Waals surface area contributed by atoms with E-state index in [1.807, 2.05) is 30.3 Å². The lowest BCUT2D eigenvalue weighted by Gasteiger charge is -2.20. The Kier molecular flexibility index (Phi) is 16.6. The highest BCUT2D eigenvalue weighted by Gasteiger charge is 2.14. The Balaban J connectivity index is 1.95. The first kappa shape index (κ1) is 27.2. The van der Waals surface area contributed by atoms with Gasteiger partial charge in [0, 0.05) is 6.42 Å². The Hall–Kier alpha value is -1.84. The first-order valence-electron chi connectivity index (χ1n) is 12.7. The first-order chi connectivity index (χ1) is 15.1. The molecule has 1 aromatic rings. The summed E-state index contributed by atoms with van der Waals surface area (Å²) in [5.41, 5.74) is 0.879. The number of hydrogen-bond donors (Lipinski definition) is 1. The standard InChI is InChI=1S/C27H45NO3/c1-2-3-4-5-6-7-8-9-10-11-12-13-14-15-19-22-26(29)28-25(27(30)31)23-24-20-17-16-18-21-24/h16-18,20-21,25H,2-15,19,22-23H2,1H3,(H,28,29)(H,30,31)/p-1/t25-/m0/s1. The number of carboxylic acid groups (broad SMARTS) is 1. The highest BCUT2D eigenvalue weighted by Crippen LogP contribution is 2.13. The van der Waals surface area contributed by atoms with Gasteiger partial charge in [-0.1, -0.05) is 127 Å². The van der Waals surface area contributed by atoms with Crippen LogP contribution in [-0.4, -0.2) is 17.9 Å². The minimum absolute atomic E-state index is 0.195. The van der Waals surface area contributed by atoms with E-state index in [4.69, 9.17) is 0 Å². The Morgan fingerprint density at radius 3 is 1.65 bits per heavy atom. The monoisotopic (exact) mass is 430 g/mol. The smallest absolute Gasteiger partial charge is 0.220 e. The summed E-state index contributed by atoms with van der Waals surface area (Å²) in [6.07, 6.45) is 19.9. The van der Waals surface area contributed by atoms with Gasteiger partial charge >= 0.3 is 0 Å². The van der Waals surface area contributed by atoms with Crippen LogP contribution in [0.2, 0.25) is 0 Å². The summed E-state index contributed by atoms with van der Waals surface area (Å²) in [4.78, 5) is 23.4. The van der Waals surface area contributed by atoms with Gasteiger partial charge in [-0.2, -0.15) is 0 Å². The maximum absolute atomic E-state index is 12.1. The zero-order valence-corrected chi connectivity index (χ0v) is 19.7. The predicted molar refractivity (Wildman–Crippen MR) is 127 cm³/mol. The summed E-state index contributed by atoms with van der Waals surface area (Å²) < 4.78 is 0. The van der Waals surface area contributed by atoms with Crippen LogP contribution >= 0.6 is 0 Å². The average molecular weight is 431 g/mol. The molecule has 1 aromatic carbocycles. The molecule has 0 heterocycles. The normalized spacial score (nSPS) is 11.9. The van der Waals surface area contributed by atoms with E-state index in [1.165, 1.54) is 77.0 Å². The van der Waals surface area contributed by atoms with Crippen molar-refractivity contribution in [2.24, 2.45) is 0 Å². The fourth-order valence-corrected chi connectivity index (χ4v) is 3.97. The lowest BCUT2D eigenvalue weighted by atomic mass is 10.0. The highest BCUT2D eigenvalue weighted by atomic mass is 16.4. The van der Waals surface area contributed by atoms with E-state index in [9.17, 15) is 14.7 Å². The fraction of sp³-hybridized carbons (Fsp3) is 0.704. The molecule has 0 bridgehead atoms. The van der Waals surface area contributed by atoms with Crippen molar-refractivity contribution in [3.63, 3.8) is 0 Å². The van der Waals surface area contributed by atoms with Crippen molar-refractivity contribution in [2.75, 3.05) is 0 Å². The van der Waals surface area contributed by atoms with Crippen LogP contribution in [0.15, 0.2) is 30.3 Å². The third kappa shape index (κ3) is 15.6. The summed E-state index contributed by atoms with van der Waals surface area (Å²) in [6.45, 7) is 2.26. The van der Waals surface area contributed by atoms with Crippen LogP contribution < -0.4 is 10.4 Å². The number of carbonyl (C=O) groups is 2. The van der Waals surface area contributed by atoms with E-state index in [1.54, 1.807) is 0 Å². The van der Waals surface area contributed by atoms with Gasteiger partial charge in [0.15, 0.2) is 0 Å². The van der Waals surface area contributed by atoms with E-state index < -0.39 is 12.0 Å². The van der Waals surface area contributed by atoms with Gasteiger partial charge in [-0.15, -0.1) is 0 Å². The van der Waals surface area contributed by atoms with Gasteiger partial charge in [-0.3, -0.25) is 4.79 Å². The molecule has 1 amide bonds. The number of carboxylic acids is 1. The number of amides is 1. The molecule has 0 spiro atoms. The molecule has 0 unspecified atom stereocenters. The quantitative estimate of drug-likeness (QED) is 0.269. The van der Waals surface area contributed by atoms with Crippen molar-refractivity contribution in [2.45, 2.75) is 122 Å². The van der Waals surface area contributed by atoms with Crippen LogP contribution in [0.25, 0.3) is 0 Å².